The minimum absolute atomic E-state index is 0.0624. The number of hydrogen-bond acceptors (Lipinski definition) is 3. The van der Waals surface area contributed by atoms with Crippen LogP contribution in [-0.4, -0.2) is 46.2 Å². The molecule has 116 valence electrons. The Morgan fingerprint density at radius 3 is 2.86 bits per heavy atom. The Balaban J connectivity index is 1.54. The van der Waals surface area contributed by atoms with E-state index >= 15 is 0 Å². The second-order valence-corrected chi connectivity index (χ2v) is 6.68. The van der Waals surface area contributed by atoms with E-state index in [1.54, 1.807) is 6.07 Å². The lowest BCUT2D eigenvalue weighted by Crippen LogP contribution is -2.50. The average molecular weight is 290 g/mol. The molecule has 0 radical (unpaired) electrons. The van der Waals surface area contributed by atoms with Crippen molar-refractivity contribution in [1.82, 2.24) is 20.4 Å². The highest BCUT2D eigenvalue weighted by Crippen LogP contribution is 2.30. The Bertz CT molecular complexity index is 494. The van der Waals surface area contributed by atoms with Gasteiger partial charge in [-0.05, 0) is 58.1 Å². The Morgan fingerprint density at radius 1 is 1.43 bits per heavy atom. The van der Waals surface area contributed by atoms with Gasteiger partial charge in [0.25, 0.3) is 5.91 Å². The number of hydrogen-bond donors (Lipinski definition) is 2. The minimum Gasteiger partial charge on any atom is -0.348 e. The normalized spacial score (nSPS) is 25.3. The second kappa shape index (κ2) is 6.18. The predicted octanol–water partition coefficient (Wildman–Crippen LogP) is 2.10. The molecule has 1 saturated heterocycles. The second-order valence-electron chi connectivity index (χ2n) is 6.68. The zero-order valence-electron chi connectivity index (χ0n) is 13.1. The Kier molecular flexibility index (Phi) is 4.29. The monoisotopic (exact) mass is 290 g/mol. The number of aromatic amines is 1. The lowest BCUT2D eigenvalue weighted by molar-refractivity contribution is 0.0634. The van der Waals surface area contributed by atoms with Crippen molar-refractivity contribution in [3.63, 3.8) is 0 Å². The van der Waals surface area contributed by atoms with Crippen molar-refractivity contribution < 1.29 is 4.79 Å². The van der Waals surface area contributed by atoms with Crippen molar-refractivity contribution in [2.75, 3.05) is 13.1 Å². The summed E-state index contributed by atoms with van der Waals surface area (Å²) in [5.41, 5.74) is 1.41. The lowest BCUT2D eigenvalue weighted by Gasteiger charge is -2.43. The summed E-state index contributed by atoms with van der Waals surface area (Å²) >= 11 is 0. The van der Waals surface area contributed by atoms with Crippen LogP contribution in [0, 0.1) is 12.8 Å². The molecular weight excluding hydrogens is 264 g/mol. The highest BCUT2D eigenvalue weighted by atomic mass is 16.2. The Labute approximate surface area is 126 Å². The van der Waals surface area contributed by atoms with Crippen molar-refractivity contribution in [3.8, 4) is 0 Å². The maximum absolute atomic E-state index is 12.2. The molecule has 5 nitrogen and oxygen atoms in total. The summed E-state index contributed by atoms with van der Waals surface area (Å²) in [6.45, 7) is 6.41. The molecule has 2 N–H and O–H groups in total. The van der Waals surface area contributed by atoms with Crippen LogP contribution in [0.1, 0.15) is 55.2 Å². The molecule has 3 rings (SSSR count). The summed E-state index contributed by atoms with van der Waals surface area (Å²) in [7, 11) is 0. The molecule has 0 unspecified atom stereocenters. The fourth-order valence-electron chi connectivity index (χ4n) is 3.46. The zero-order valence-corrected chi connectivity index (χ0v) is 13.1. The minimum atomic E-state index is -0.0624. The lowest BCUT2D eigenvalue weighted by atomic mass is 9.85. The van der Waals surface area contributed by atoms with Gasteiger partial charge in [-0.2, -0.15) is 5.10 Å². The molecule has 2 heterocycles. The number of amides is 1. The quantitative estimate of drug-likeness (QED) is 0.892. The fraction of sp³-hybridized carbons (Fsp3) is 0.750. The SMILES string of the molecule is Cc1cc(C(=O)N[C@@H](C)[C@H]2CCCN(C3CCC3)C2)n[nH]1. The Morgan fingerprint density at radius 2 is 2.24 bits per heavy atom. The van der Waals surface area contributed by atoms with Crippen molar-refractivity contribution in [3.05, 3.63) is 17.5 Å². The van der Waals surface area contributed by atoms with Crippen molar-refractivity contribution in [1.29, 1.82) is 0 Å². The topological polar surface area (TPSA) is 61.0 Å². The maximum Gasteiger partial charge on any atom is 0.271 e. The molecule has 1 aromatic rings. The molecule has 2 aliphatic rings. The largest absolute Gasteiger partial charge is 0.348 e. The zero-order chi connectivity index (χ0) is 14.8. The van der Waals surface area contributed by atoms with E-state index in [1.807, 2.05) is 6.92 Å². The number of rotatable bonds is 4. The van der Waals surface area contributed by atoms with Gasteiger partial charge in [-0.3, -0.25) is 9.89 Å². The molecule has 2 fully saturated rings. The van der Waals surface area contributed by atoms with E-state index in [2.05, 4.69) is 27.3 Å². The third-order valence-electron chi connectivity index (χ3n) is 5.08. The molecule has 1 aromatic heterocycles. The molecule has 2 atom stereocenters. The first-order valence-corrected chi connectivity index (χ1v) is 8.20. The highest BCUT2D eigenvalue weighted by Gasteiger charge is 2.32. The van der Waals surface area contributed by atoms with E-state index in [1.165, 1.54) is 38.6 Å². The molecule has 1 aliphatic heterocycles. The molecule has 1 amide bonds. The molecule has 1 saturated carbocycles. The number of carbonyl (C=O) groups excluding carboxylic acids is 1. The van der Waals surface area contributed by atoms with Crippen LogP contribution in [-0.2, 0) is 0 Å². The third kappa shape index (κ3) is 3.28. The van der Waals surface area contributed by atoms with Gasteiger partial charge in [0.1, 0.15) is 5.69 Å². The van der Waals surface area contributed by atoms with Gasteiger partial charge in [0, 0.05) is 24.3 Å². The molecule has 21 heavy (non-hydrogen) atoms. The van der Waals surface area contributed by atoms with Gasteiger partial charge >= 0.3 is 0 Å². The first-order valence-electron chi connectivity index (χ1n) is 8.20. The summed E-state index contributed by atoms with van der Waals surface area (Å²) in [6.07, 6.45) is 6.57. The number of nitrogens with one attached hydrogen (secondary N) is 2. The van der Waals surface area contributed by atoms with Gasteiger partial charge in [-0.1, -0.05) is 6.42 Å². The van der Waals surface area contributed by atoms with Crippen molar-refractivity contribution in [2.24, 2.45) is 5.92 Å². The van der Waals surface area contributed by atoms with E-state index in [4.69, 9.17) is 0 Å². The van der Waals surface area contributed by atoms with Gasteiger partial charge in [0.05, 0.1) is 0 Å². The molecule has 0 spiro atoms. The number of aryl methyl sites for hydroxylation is 1. The predicted molar refractivity (Wildman–Crippen MR) is 82.2 cm³/mol. The van der Waals surface area contributed by atoms with Gasteiger partial charge in [-0.25, -0.2) is 0 Å². The van der Waals surface area contributed by atoms with Crippen LogP contribution < -0.4 is 5.32 Å². The number of aromatic nitrogens is 2. The first kappa shape index (κ1) is 14.6. The summed E-state index contributed by atoms with van der Waals surface area (Å²) in [5.74, 6) is 0.496. The van der Waals surface area contributed by atoms with Gasteiger partial charge < -0.3 is 10.2 Å². The van der Waals surface area contributed by atoms with E-state index in [0.29, 0.717) is 11.6 Å². The molecular formula is C16H26N4O. The standard InChI is InChI=1S/C16H26N4O/c1-11-9-15(19-18-11)16(21)17-12(2)13-5-4-8-20(10-13)14-6-3-7-14/h9,12-14H,3-8,10H2,1-2H3,(H,17,21)(H,18,19)/t12-,13-/m0/s1. The highest BCUT2D eigenvalue weighted by molar-refractivity contribution is 5.92. The number of carbonyl (C=O) groups is 1. The van der Waals surface area contributed by atoms with Crippen molar-refractivity contribution >= 4 is 5.91 Å². The van der Waals surface area contributed by atoms with Crippen LogP contribution in [0.4, 0.5) is 0 Å². The summed E-state index contributed by atoms with van der Waals surface area (Å²) < 4.78 is 0. The molecule has 0 aromatic carbocycles. The number of nitrogens with zero attached hydrogens (tertiary/aromatic N) is 2. The summed E-state index contributed by atoms with van der Waals surface area (Å²) in [5, 5.41) is 9.98. The van der Waals surface area contributed by atoms with Crippen LogP contribution in [0.5, 0.6) is 0 Å². The van der Waals surface area contributed by atoms with Crippen LogP contribution >= 0.6 is 0 Å². The van der Waals surface area contributed by atoms with E-state index in [9.17, 15) is 4.79 Å². The van der Waals surface area contributed by atoms with Gasteiger partial charge in [-0.15, -0.1) is 0 Å². The van der Waals surface area contributed by atoms with Crippen molar-refractivity contribution in [2.45, 2.75) is 58.0 Å². The van der Waals surface area contributed by atoms with E-state index in [-0.39, 0.29) is 11.9 Å². The first-order chi connectivity index (χ1) is 10.1. The van der Waals surface area contributed by atoms with Gasteiger partial charge in [0.15, 0.2) is 0 Å². The molecule has 0 bridgehead atoms. The fourth-order valence-corrected chi connectivity index (χ4v) is 3.46. The van der Waals surface area contributed by atoms with E-state index in [0.717, 1.165) is 18.3 Å². The van der Waals surface area contributed by atoms with Crippen LogP contribution in [0.2, 0.25) is 0 Å². The Hall–Kier alpha value is -1.36. The van der Waals surface area contributed by atoms with Gasteiger partial charge in [0.2, 0.25) is 0 Å². The number of likely N-dealkylation sites (tertiary alicyclic amines) is 1. The maximum atomic E-state index is 12.2. The molecule has 1 aliphatic carbocycles. The van der Waals surface area contributed by atoms with Crippen LogP contribution in [0.25, 0.3) is 0 Å². The third-order valence-corrected chi connectivity index (χ3v) is 5.08. The molecule has 5 heteroatoms. The average Bonchev–Trinajstić information content (AvgIpc) is 2.84. The smallest absolute Gasteiger partial charge is 0.271 e. The number of H-pyrrole nitrogens is 1. The summed E-state index contributed by atoms with van der Waals surface area (Å²) in [6, 6.07) is 2.81. The summed E-state index contributed by atoms with van der Waals surface area (Å²) in [4.78, 5) is 14.8. The number of piperidine rings is 1. The van der Waals surface area contributed by atoms with E-state index < -0.39 is 0 Å². The van der Waals surface area contributed by atoms with Crippen LogP contribution in [0.3, 0.4) is 0 Å². The van der Waals surface area contributed by atoms with Crippen LogP contribution in [0.15, 0.2) is 6.07 Å².